The SMILES string of the molecule is COC(C)C(C)C(N)CCN. The van der Waals surface area contributed by atoms with Gasteiger partial charge in [0, 0.05) is 13.2 Å². The van der Waals surface area contributed by atoms with Crippen LogP contribution >= 0.6 is 0 Å². The van der Waals surface area contributed by atoms with Crippen LogP contribution in [0.25, 0.3) is 0 Å². The molecule has 3 unspecified atom stereocenters. The minimum absolute atomic E-state index is 0.162. The molecule has 3 heteroatoms. The van der Waals surface area contributed by atoms with E-state index in [1.54, 1.807) is 7.11 Å². The van der Waals surface area contributed by atoms with E-state index in [0.29, 0.717) is 12.5 Å². The van der Waals surface area contributed by atoms with E-state index in [4.69, 9.17) is 16.2 Å². The van der Waals surface area contributed by atoms with Crippen LogP contribution in [0, 0.1) is 5.92 Å². The number of hydrogen-bond donors (Lipinski definition) is 2. The van der Waals surface area contributed by atoms with Crippen LogP contribution in [0.5, 0.6) is 0 Å². The van der Waals surface area contributed by atoms with Crippen molar-refractivity contribution in [1.29, 1.82) is 0 Å². The normalized spacial score (nSPS) is 19.4. The van der Waals surface area contributed by atoms with Gasteiger partial charge in [0.05, 0.1) is 6.10 Å². The van der Waals surface area contributed by atoms with Crippen LogP contribution in [0.1, 0.15) is 20.3 Å². The maximum Gasteiger partial charge on any atom is 0.0583 e. The molecule has 68 valence electrons. The average molecular weight is 160 g/mol. The zero-order valence-electron chi connectivity index (χ0n) is 7.71. The maximum absolute atomic E-state index is 5.84. The molecule has 0 aliphatic heterocycles. The minimum atomic E-state index is 0.162. The summed E-state index contributed by atoms with van der Waals surface area (Å²) in [6, 6.07) is 0.162. The van der Waals surface area contributed by atoms with Crippen LogP contribution in [0.3, 0.4) is 0 Å². The first kappa shape index (κ1) is 10.9. The Labute approximate surface area is 69.1 Å². The van der Waals surface area contributed by atoms with Crippen LogP contribution < -0.4 is 11.5 Å². The van der Waals surface area contributed by atoms with E-state index in [0.717, 1.165) is 6.42 Å². The first-order valence-electron chi connectivity index (χ1n) is 4.12. The minimum Gasteiger partial charge on any atom is -0.381 e. The van der Waals surface area contributed by atoms with Gasteiger partial charge in [0.2, 0.25) is 0 Å². The number of rotatable bonds is 5. The Balaban J connectivity index is 3.70. The van der Waals surface area contributed by atoms with Gasteiger partial charge in [-0.15, -0.1) is 0 Å². The van der Waals surface area contributed by atoms with Crippen LogP contribution in [0.15, 0.2) is 0 Å². The third-order valence-electron chi connectivity index (χ3n) is 2.29. The molecular weight excluding hydrogens is 140 g/mol. The van der Waals surface area contributed by atoms with Crippen LogP contribution in [0.2, 0.25) is 0 Å². The van der Waals surface area contributed by atoms with Gasteiger partial charge in [-0.3, -0.25) is 0 Å². The molecule has 0 saturated carbocycles. The predicted molar refractivity (Wildman–Crippen MR) is 47.3 cm³/mol. The summed E-state index contributed by atoms with van der Waals surface area (Å²) in [6.07, 6.45) is 1.09. The summed E-state index contributed by atoms with van der Waals surface area (Å²) in [6.45, 7) is 4.78. The molecule has 0 fully saturated rings. The Morgan fingerprint density at radius 1 is 1.36 bits per heavy atom. The highest BCUT2D eigenvalue weighted by Crippen LogP contribution is 2.11. The highest BCUT2D eigenvalue weighted by atomic mass is 16.5. The van der Waals surface area contributed by atoms with Gasteiger partial charge < -0.3 is 16.2 Å². The molecule has 11 heavy (non-hydrogen) atoms. The lowest BCUT2D eigenvalue weighted by atomic mass is 9.95. The second-order valence-corrected chi connectivity index (χ2v) is 3.04. The van der Waals surface area contributed by atoms with Crippen molar-refractivity contribution < 1.29 is 4.74 Å². The zero-order valence-corrected chi connectivity index (χ0v) is 7.71. The molecule has 0 aromatic rings. The van der Waals surface area contributed by atoms with E-state index in [-0.39, 0.29) is 12.1 Å². The molecule has 0 spiro atoms. The largest absolute Gasteiger partial charge is 0.381 e. The van der Waals surface area contributed by atoms with Crippen molar-refractivity contribution >= 4 is 0 Å². The van der Waals surface area contributed by atoms with Crippen LogP contribution in [-0.4, -0.2) is 25.8 Å². The van der Waals surface area contributed by atoms with E-state index >= 15 is 0 Å². The molecule has 4 N–H and O–H groups in total. The smallest absolute Gasteiger partial charge is 0.0583 e. The fourth-order valence-electron chi connectivity index (χ4n) is 1.02. The third-order valence-corrected chi connectivity index (χ3v) is 2.29. The topological polar surface area (TPSA) is 61.3 Å². The summed E-state index contributed by atoms with van der Waals surface area (Å²) in [5.74, 6) is 0.378. The van der Waals surface area contributed by atoms with Crippen LogP contribution in [-0.2, 0) is 4.74 Å². The lowest BCUT2D eigenvalue weighted by Gasteiger charge is -2.24. The average Bonchev–Trinajstić information content (AvgIpc) is 2.02. The molecule has 0 radical (unpaired) electrons. The summed E-state index contributed by atoms with van der Waals surface area (Å²) >= 11 is 0. The molecule has 0 aromatic heterocycles. The van der Waals surface area contributed by atoms with E-state index in [9.17, 15) is 0 Å². The second kappa shape index (κ2) is 5.52. The fourth-order valence-corrected chi connectivity index (χ4v) is 1.02. The lowest BCUT2D eigenvalue weighted by molar-refractivity contribution is 0.0625. The number of ether oxygens (including phenoxy) is 1. The third kappa shape index (κ3) is 3.70. The second-order valence-electron chi connectivity index (χ2n) is 3.04. The predicted octanol–water partition coefficient (Wildman–Crippen LogP) is 0.334. The van der Waals surface area contributed by atoms with Crippen molar-refractivity contribution in [1.82, 2.24) is 0 Å². The van der Waals surface area contributed by atoms with Crippen molar-refractivity contribution in [2.75, 3.05) is 13.7 Å². The van der Waals surface area contributed by atoms with Gasteiger partial charge in [-0.25, -0.2) is 0 Å². The van der Waals surface area contributed by atoms with Gasteiger partial charge in [0.1, 0.15) is 0 Å². The standard InChI is InChI=1S/C8H20N2O/c1-6(7(2)11-3)8(10)4-5-9/h6-8H,4-5,9-10H2,1-3H3. The Hall–Kier alpha value is -0.120. The molecule has 3 atom stereocenters. The van der Waals surface area contributed by atoms with Crippen molar-refractivity contribution in [2.24, 2.45) is 17.4 Å². The lowest BCUT2D eigenvalue weighted by Crippen LogP contribution is -2.37. The van der Waals surface area contributed by atoms with Crippen molar-refractivity contribution in [3.63, 3.8) is 0 Å². The van der Waals surface area contributed by atoms with Gasteiger partial charge >= 0.3 is 0 Å². The van der Waals surface area contributed by atoms with E-state index in [2.05, 4.69) is 6.92 Å². The van der Waals surface area contributed by atoms with E-state index in [1.165, 1.54) is 0 Å². The monoisotopic (exact) mass is 160 g/mol. The van der Waals surface area contributed by atoms with Crippen molar-refractivity contribution in [2.45, 2.75) is 32.4 Å². The first-order valence-corrected chi connectivity index (χ1v) is 4.12. The highest BCUT2D eigenvalue weighted by molar-refractivity contribution is 4.74. The molecule has 0 bridgehead atoms. The summed E-state index contributed by atoms with van der Waals surface area (Å²) in [4.78, 5) is 0. The molecule has 0 heterocycles. The van der Waals surface area contributed by atoms with Gasteiger partial charge in [0.25, 0.3) is 0 Å². The zero-order chi connectivity index (χ0) is 8.85. The molecule has 0 aliphatic rings. The Bertz CT molecular complexity index is 98.1. The summed E-state index contributed by atoms with van der Waals surface area (Å²) in [5.41, 5.74) is 11.2. The summed E-state index contributed by atoms with van der Waals surface area (Å²) in [5, 5.41) is 0. The molecule has 0 aromatic carbocycles. The van der Waals surface area contributed by atoms with Crippen molar-refractivity contribution in [3.05, 3.63) is 0 Å². The quantitative estimate of drug-likeness (QED) is 0.609. The van der Waals surface area contributed by atoms with E-state index < -0.39 is 0 Å². The number of methoxy groups -OCH3 is 1. The van der Waals surface area contributed by atoms with Gasteiger partial charge in [-0.1, -0.05) is 6.92 Å². The summed E-state index contributed by atoms with van der Waals surface area (Å²) < 4.78 is 5.16. The maximum atomic E-state index is 5.84. The van der Waals surface area contributed by atoms with Crippen LogP contribution in [0.4, 0.5) is 0 Å². The van der Waals surface area contributed by atoms with Gasteiger partial charge in [0.15, 0.2) is 0 Å². The first-order chi connectivity index (χ1) is 5.13. The molecule has 0 rings (SSSR count). The summed E-state index contributed by atoms with van der Waals surface area (Å²) in [7, 11) is 1.70. The Morgan fingerprint density at radius 2 is 1.91 bits per heavy atom. The fraction of sp³-hybridized carbons (Fsp3) is 1.00. The van der Waals surface area contributed by atoms with Crippen molar-refractivity contribution in [3.8, 4) is 0 Å². The number of hydrogen-bond acceptors (Lipinski definition) is 3. The highest BCUT2D eigenvalue weighted by Gasteiger charge is 2.17. The molecule has 0 saturated heterocycles. The Kier molecular flexibility index (Phi) is 5.46. The Morgan fingerprint density at radius 3 is 2.27 bits per heavy atom. The number of nitrogens with two attached hydrogens (primary N) is 2. The van der Waals surface area contributed by atoms with Gasteiger partial charge in [-0.2, -0.15) is 0 Å². The molecule has 3 nitrogen and oxygen atoms in total. The molecule has 0 amide bonds. The van der Waals surface area contributed by atoms with Gasteiger partial charge in [-0.05, 0) is 25.8 Å². The molecular formula is C8H20N2O. The molecule has 0 aliphatic carbocycles. The van der Waals surface area contributed by atoms with E-state index in [1.807, 2.05) is 6.92 Å².